The molecule has 3 nitrogen and oxygen atoms in total. The van der Waals surface area contributed by atoms with Crippen molar-refractivity contribution in [2.24, 2.45) is 5.73 Å². The number of para-hydroxylation sites is 1. The summed E-state index contributed by atoms with van der Waals surface area (Å²) in [4.78, 5) is 0. The molecule has 0 spiro atoms. The summed E-state index contributed by atoms with van der Waals surface area (Å²) < 4.78 is 11.4. The van der Waals surface area contributed by atoms with Crippen LogP contribution in [-0.2, 0) is 6.42 Å². The van der Waals surface area contributed by atoms with Crippen molar-refractivity contribution in [3.63, 3.8) is 0 Å². The molecule has 0 amide bonds. The monoisotopic (exact) mass is 271 g/mol. The van der Waals surface area contributed by atoms with E-state index in [0.717, 1.165) is 23.5 Å². The molecule has 2 aromatic rings. The minimum Gasteiger partial charge on any atom is -0.496 e. The van der Waals surface area contributed by atoms with Gasteiger partial charge < -0.3 is 15.2 Å². The fraction of sp³-hybridized carbons (Fsp3) is 0.294. The van der Waals surface area contributed by atoms with Crippen LogP contribution >= 0.6 is 0 Å². The molecule has 20 heavy (non-hydrogen) atoms. The third kappa shape index (κ3) is 3.31. The summed E-state index contributed by atoms with van der Waals surface area (Å²) in [6.45, 7) is 2.52. The van der Waals surface area contributed by atoms with Crippen molar-refractivity contribution in [3.05, 3.63) is 59.7 Å². The molecule has 2 aromatic carbocycles. The minimum absolute atomic E-state index is 0.210. The molecule has 0 fully saturated rings. The maximum Gasteiger partial charge on any atom is 0.139 e. The van der Waals surface area contributed by atoms with Gasteiger partial charge in [-0.1, -0.05) is 37.3 Å². The van der Waals surface area contributed by atoms with Crippen molar-refractivity contribution in [3.8, 4) is 11.5 Å². The van der Waals surface area contributed by atoms with E-state index in [9.17, 15) is 0 Å². The van der Waals surface area contributed by atoms with E-state index >= 15 is 0 Å². The van der Waals surface area contributed by atoms with E-state index < -0.39 is 0 Å². The highest BCUT2D eigenvalue weighted by atomic mass is 16.5. The molecule has 0 heterocycles. The number of benzene rings is 2. The first-order valence-corrected chi connectivity index (χ1v) is 6.87. The van der Waals surface area contributed by atoms with E-state index in [1.165, 1.54) is 5.56 Å². The van der Waals surface area contributed by atoms with Crippen molar-refractivity contribution in [1.82, 2.24) is 0 Å². The average Bonchev–Trinajstić information content (AvgIpc) is 2.52. The Morgan fingerprint density at radius 3 is 2.60 bits per heavy atom. The van der Waals surface area contributed by atoms with Gasteiger partial charge in [0.15, 0.2) is 0 Å². The Morgan fingerprint density at radius 2 is 1.90 bits per heavy atom. The van der Waals surface area contributed by atoms with Gasteiger partial charge in [0, 0.05) is 12.1 Å². The smallest absolute Gasteiger partial charge is 0.139 e. The highest BCUT2D eigenvalue weighted by Gasteiger charge is 2.16. The Labute approximate surface area is 120 Å². The molecule has 2 rings (SSSR count). The van der Waals surface area contributed by atoms with Gasteiger partial charge in [0.25, 0.3) is 0 Å². The van der Waals surface area contributed by atoms with Crippen LogP contribution in [0.4, 0.5) is 0 Å². The van der Waals surface area contributed by atoms with E-state index in [4.69, 9.17) is 15.2 Å². The molecule has 0 saturated heterocycles. The molecular formula is C17H21NO2. The third-order valence-electron chi connectivity index (χ3n) is 3.28. The molecule has 0 radical (unpaired) electrons. The Hall–Kier alpha value is -2.00. The van der Waals surface area contributed by atoms with Gasteiger partial charge in [-0.2, -0.15) is 0 Å². The fourth-order valence-electron chi connectivity index (χ4n) is 2.17. The maximum atomic E-state index is 6.03. The second-order valence-electron chi connectivity index (χ2n) is 4.59. The van der Waals surface area contributed by atoms with Gasteiger partial charge in [-0.3, -0.25) is 0 Å². The zero-order valence-electron chi connectivity index (χ0n) is 12.0. The number of nitrogens with two attached hydrogens (primary N) is 1. The Bertz CT molecular complexity index is 554. The summed E-state index contributed by atoms with van der Waals surface area (Å²) in [5.41, 5.74) is 8.09. The third-order valence-corrected chi connectivity index (χ3v) is 3.28. The van der Waals surface area contributed by atoms with E-state index in [1.807, 2.05) is 36.4 Å². The first kappa shape index (κ1) is 14.4. The molecule has 0 aliphatic carbocycles. The van der Waals surface area contributed by atoms with Crippen LogP contribution in [-0.4, -0.2) is 13.7 Å². The first-order chi connectivity index (χ1) is 9.78. The largest absolute Gasteiger partial charge is 0.496 e. The highest BCUT2D eigenvalue weighted by molar-refractivity contribution is 5.37. The summed E-state index contributed by atoms with van der Waals surface area (Å²) in [5.74, 6) is 1.64. The lowest BCUT2D eigenvalue weighted by Crippen LogP contribution is -2.19. The SMILES string of the molecule is CCc1cccc(OC(CN)c2ccccc2OC)c1. The van der Waals surface area contributed by atoms with Crippen LogP contribution < -0.4 is 15.2 Å². The van der Waals surface area contributed by atoms with Crippen LogP contribution in [0.2, 0.25) is 0 Å². The van der Waals surface area contributed by atoms with Crippen LogP contribution in [0.1, 0.15) is 24.2 Å². The predicted molar refractivity (Wildman–Crippen MR) is 81.2 cm³/mol. The molecule has 1 atom stereocenters. The van der Waals surface area contributed by atoms with Crippen molar-refractivity contribution in [1.29, 1.82) is 0 Å². The standard InChI is InChI=1S/C17H21NO2/c1-3-13-7-6-8-14(11-13)20-17(12-18)15-9-4-5-10-16(15)19-2/h4-11,17H,3,12,18H2,1-2H3. The molecule has 1 unspecified atom stereocenters. The van der Waals surface area contributed by atoms with Gasteiger partial charge in [-0.05, 0) is 30.2 Å². The number of ether oxygens (including phenoxy) is 2. The lowest BCUT2D eigenvalue weighted by molar-refractivity contribution is 0.208. The summed E-state index contributed by atoms with van der Waals surface area (Å²) in [5, 5.41) is 0. The van der Waals surface area contributed by atoms with Gasteiger partial charge in [0.05, 0.1) is 7.11 Å². The lowest BCUT2D eigenvalue weighted by Gasteiger charge is -2.20. The fourth-order valence-corrected chi connectivity index (χ4v) is 2.17. The summed E-state index contributed by atoms with van der Waals surface area (Å²) >= 11 is 0. The molecule has 0 saturated carbocycles. The quantitative estimate of drug-likeness (QED) is 0.876. The molecule has 0 aromatic heterocycles. The predicted octanol–water partition coefficient (Wildman–Crippen LogP) is 3.34. The first-order valence-electron chi connectivity index (χ1n) is 6.87. The minimum atomic E-state index is -0.210. The molecule has 3 heteroatoms. The molecule has 0 aliphatic heterocycles. The molecule has 0 bridgehead atoms. The number of hydrogen-bond acceptors (Lipinski definition) is 3. The molecular weight excluding hydrogens is 250 g/mol. The highest BCUT2D eigenvalue weighted by Crippen LogP contribution is 2.28. The number of hydrogen-bond donors (Lipinski definition) is 1. The zero-order chi connectivity index (χ0) is 14.4. The van der Waals surface area contributed by atoms with Crippen molar-refractivity contribution >= 4 is 0 Å². The summed E-state index contributed by atoms with van der Waals surface area (Å²) in [6, 6.07) is 15.9. The number of methoxy groups -OCH3 is 1. The maximum absolute atomic E-state index is 6.03. The van der Waals surface area contributed by atoms with E-state index in [2.05, 4.69) is 19.1 Å². The van der Waals surface area contributed by atoms with Gasteiger partial charge in [0.1, 0.15) is 17.6 Å². The molecule has 2 N–H and O–H groups in total. The second-order valence-corrected chi connectivity index (χ2v) is 4.59. The van der Waals surface area contributed by atoms with Crippen LogP contribution in [0.5, 0.6) is 11.5 Å². The Balaban J connectivity index is 2.24. The van der Waals surface area contributed by atoms with Crippen molar-refractivity contribution in [2.75, 3.05) is 13.7 Å². The van der Waals surface area contributed by atoms with Crippen LogP contribution in [0.15, 0.2) is 48.5 Å². The van der Waals surface area contributed by atoms with Crippen LogP contribution in [0, 0.1) is 0 Å². The van der Waals surface area contributed by atoms with Gasteiger partial charge in [0.2, 0.25) is 0 Å². The summed E-state index contributed by atoms with van der Waals surface area (Å²) in [6.07, 6.45) is 0.775. The van der Waals surface area contributed by atoms with E-state index in [1.54, 1.807) is 7.11 Å². The van der Waals surface area contributed by atoms with Crippen molar-refractivity contribution in [2.45, 2.75) is 19.4 Å². The second kappa shape index (κ2) is 6.96. The van der Waals surface area contributed by atoms with Crippen LogP contribution in [0.25, 0.3) is 0 Å². The molecule has 106 valence electrons. The van der Waals surface area contributed by atoms with E-state index in [-0.39, 0.29) is 6.10 Å². The van der Waals surface area contributed by atoms with Gasteiger partial charge >= 0.3 is 0 Å². The number of aryl methyl sites for hydroxylation is 1. The van der Waals surface area contributed by atoms with Gasteiger partial charge in [-0.15, -0.1) is 0 Å². The number of rotatable bonds is 6. The lowest BCUT2D eigenvalue weighted by atomic mass is 10.1. The molecule has 0 aliphatic rings. The summed E-state index contributed by atoms with van der Waals surface area (Å²) in [7, 11) is 1.66. The zero-order valence-corrected chi connectivity index (χ0v) is 12.0. The Kier molecular flexibility index (Phi) is 5.02. The normalized spacial score (nSPS) is 11.9. The van der Waals surface area contributed by atoms with Crippen molar-refractivity contribution < 1.29 is 9.47 Å². The van der Waals surface area contributed by atoms with Gasteiger partial charge in [-0.25, -0.2) is 0 Å². The topological polar surface area (TPSA) is 44.5 Å². The average molecular weight is 271 g/mol. The van der Waals surface area contributed by atoms with Crippen LogP contribution in [0.3, 0.4) is 0 Å². The van der Waals surface area contributed by atoms with E-state index in [0.29, 0.717) is 6.54 Å². The Morgan fingerprint density at radius 1 is 1.10 bits per heavy atom.